The molecule has 4 heteroatoms. The average molecular weight is 217 g/mol. The zero-order valence-electron chi connectivity index (χ0n) is 8.26. The van der Waals surface area contributed by atoms with Crippen LogP contribution < -0.4 is 4.90 Å². The van der Waals surface area contributed by atoms with Gasteiger partial charge in [-0.25, -0.2) is 0 Å². The summed E-state index contributed by atoms with van der Waals surface area (Å²) in [5, 5.41) is 1.06. The van der Waals surface area contributed by atoms with Crippen LogP contribution in [0.4, 0.5) is 5.13 Å². The molecule has 15 heavy (non-hydrogen) atoms. The van der Waals surface area contributed by atoms with Gasteiger partial charge in [-0.05, 0) is 6.42 Å². The summed E-state index contributed by atoms with van der Waals surface area (Å²) in [6, 6.07) is 10.1. The van der Waals surface area contributed by atoms with Crippen molar-refractivity contribution in [2.45, 2.75) is 6.42 Å². The molecule has 0 bridgehead atoms. The first-order valence-electron chi connectivity index (χ1n) is 5.07. The summed E-state index contributed by atoms with van der Waals surface area (Å²) in [5.74, 6) is 0.850. The lowest BCUT2D eigenvalue weighted by atomic mass is 10.2. The lowest BCUT2D eigenvalue weighted by molar-refractivity contribution is 0.616. The highest BCUT2D eigenvalue weighted by Crippen LogP contribution is 2.26. The molecule has 0 radical (unpaired) electrons. The second-order valence-electron chi connectivity index (χ2n) is 3.61. The van der Waals surface area contributed by atoms with Crippen LogP contribution in [0.1, 0.15) is 6.42 Å². The van der Waals surface area contributed by atoms with Gasteiger partial charge in [0.2, 0.25) is 5.13 Å². The van der Waals surface area contributed by atoms with Crippen LogP contribution in [0.15, 0.2) is 30.3 Å². The quantitative estimate of drug-likeness (QED) is 0.773. The molecule has 1 saturated heterocycles. The highest BCUT2D eigenvalue weighted by atomic mass is 32.1. The average Bonchev–Trinajstić information content (AvgIpc) is 2.66. The van der Waals surface area contributed by atoms with Gasteiger partial charge in [0.15, 0.2) is 5.82 Å². The molecule has 1 aromatic carbocycles. The van der Waals surface area contributed by atoms with Crippen molar-refractivity contribution >= 4 is 16.7 Å². The molecule has 0 unspecified atom stereocenters. The molecule has 0 saturated carbocycles. The first-order valence-corrected chi connectivity index (χ1v) is 5.85. The fourth-order valence-electron chi connectivity index (χ4n) is 1.56. The van der Waals surface area contributed by atoms with Crippen LogP contribution in [0.5, 0.6) is 0 Å². The number of nitrogens with zero attached hydrogens (tertiary/aromatic N) is 3. The van der Waals surface area contributed by atoms with Crippen LogP contribution in [0.25, 0.3) is 11.4 Å². The normalized spacial score (nSPS) is 15.1. The molecule has 1 fully saturated rings. The number of hydrogen-bond acceptors (Lipinski definition) is 4. The van der Waals surface area contributed by atoms with Crippen molar-refractivity contribution < 1.29 is 0 Å². The minimum atomic E-state index is 0.850. The van der Waals surface area contributed by atoms with E-state index >= 15 is 0 Å². The maximum atomic E-state index is 4.54. The minimum Gasteiger partial charge on any atom is -0.347 e. The van der Waals surface area contributed by atoms with Crippen molar-refractivity contribution in [1.82, 2.24) is 9.36 Å². The Morgan fingerprint density at radius 3 is 2.60 bits per heavy atom. The highest BCUT2D eigenvalue weighted by Gasteiger charge is 2.18. The Labute approximate surface area is 92.6 Å². The van der Waals surface area contributed by atoms with Crippen LogP contribution in [-0.4, -0.2) is 22.4 Å². The van der Waals surface area contributed by atoms with Gasteiger partial charge in [-0.15, -0.1) is 0 Å². The Morgan fingerprint density at radius 1 is 1.13 bits per heavy atom. The van der Waals surface area contributed by atoms with Gasteiger partial charge in [-0.1, -0.05) is 30.3 Å². The topological polar surface area (TPSA) is 29.0 Å². The van der Waals surface area contributed by atoms with Gasteiger partial charge in [-0.2, -0.15) is 9.36 Å². The molecule has 1 aliphatic heterocycles. The molecule has 1 aliphatic rings. The van der Waals surface area contributed by atoms with Crippen molar-refractivity contribution in [1.29, 1.82) is 0 Å². The van der Waals surface area contributed by atoms with E-state index in [4.69, 9.17) is 0 Å². The SMILES string of the molecule is c1ccc(-c2nsc(N3CCC3)n2)cc1. The highest BCUT2D eigenvalue weighted by molar-refractivity contribution is 7.09. The van der Waals surface area contributed by atoms with Crippen LogP contribution >= 0.6 is 11.5 Å². The number of anilines is 1. The molecule has 2 aromatic rings. The molecule has 0 spiro atoms. The van der Waals surface area contributed by atoms with Crippen molar-refractivity contribution in [3.63, 3.8) is 0 Å². The van der Waals surface area contributed by atoms with Crippen molar-refractivity contribution in [2.24, 2.45) is 0 Å². The molecule has 3 nitrogen and oxygen atoms in total. The lowest BCUT2D eigenvalue weighted by Gasteiger charge is -2.29. The van der Waals surface area contributed by atoms with Crippen molar-refractivity contribution in [3.8, 4) is 11.4 Å². The summed E-state index contributed by atoms with van der Waals surface area (Å²) in [7, 11) is 0. The molecule has 0 aliphatic carbocycles. The van der Waals surface area contributed by atoms with Gasteiger partial charge >= 0.3 is 0 Å². The van der Waals surface area contributed by atoms with E-state index in [1.807, 2.05) is 30.3 Å². The van der Waals surface area contributed by atoms with Gasteiger partial charge in [0.05, 0.1) is 0 Å². The van der Waals surface area contributed by atoms with Crippen LogP contribution in [0, 0.1) is 0 Å². The Bertz CT molecular complexity index is 448. The van der Waals surface area contributed by atoms with Crippen molar-refractivity contribution in [2.75, 3.05) is 18.0 Å². The fourth-order valence-corrected chi connectivity index (χ4v) is 2.30. The Balaban J connectivity index is 1.90. The summed E-state index contributed by atoms with van der Waals surface area (Å²) in [6.45, 7) is 2.26. The molecular weight excluding hydrogens is 206 g/mol. The summed E-state index contributed by atoms with van der Waals surface area (Å²) >= 11 is 1.49. The third kappa shape index (κ3) is 1.61. The predicted octanol–water partition coefficient (Wildman–Crippen LogP) is 2.42. The van der Waals surface area contributed by atoms with Gasteiger partial charge in [-0.3, -0.25) is 0 Å². The van der Waals surface area contributed by atoms with E-state index in [2.05, 4.69) is 14.3 Å². The van der Waals surface area contributed by atoms with Crippen LogP contribution in [0.2, 0.25) is 0 Å². The zero-order chi connectivity index (χ0) is 10.1. The van der Waals surface area contributed by atoms with E-state index in [0.717, 1.165) is 29.6 Å². The van der Waals surface area contributed by atoms with E-state index in [1.165, 1.54) is 18.0 Å². The Morgan fingerprint density at radius 2 is 1.93 bits per heavy atom. The first-order chi connectivity index (χ1) is 7.43. The Hall–Kier alpha value is -1.42. The summed E-state index contributed by atoms with van der Waals surface area (Å²) in [4.78, 5) is 6.80. The van der Waals surface area contributed by atoms with E-state index < -0.39 is 0 Å². The second kappa shape index (κ2) is 3.62. The minimum absolute atomic E-state index is 0.850. The Kier molecular flexibility index (Phi) is 2.14. The molecule has 0 atom stereocenters. The molecular formula is C11H11N3S. The smallest absolute Gasteiger partial charge is 0.205 e. The monoisotopic (exact) mass is 217 g/mol. The molecule has 76 valence electrons. The second-order valence-corrected chi connectivity index (χ2v) is 4.34. The molecule has 3 rings (SSSR count). The largest absolute Gasteiger partial charge is 0.347 e. The van der Waals surface area contributed by atoms with E-state index in [9.17, 15) is 0 Å². The summed E-state index contributed by atoms with van der Waals surface area (Å²) in [5.41, 5.74) is 1.10. The molecule has 0 N–H and O–H groups in total. The maximum Gasteiger partial charge on any atom is 0.205 e. The fraction of sp³-hybridized carbons (Fsp3) is 0.273. The molecule has 1 aromatic heterocycles. The van der Waals surface area contributed by atoms with Crippen LogP contribution in [0.3, 0.4) is 0 Å². The van der Waals surface area contributed by atoms with Gasteiger partial charge in [0.25, 0.3) is 0 Å². The first kappa shape index (κ1) is 8.85. The van der Waals surface area contributed by atoms with Gasteiger partial charge in [0.1, 0.15) is 0 Å². The van der Waals surface area contributed by atoms with E-state index in [0.29, 0.717) is 0 Å². The van der Waals surface area contributed by atoms with E-state index in [1.54, 1.807) is 0 Å². The standard InChI is InChI=1S/C11H11N3S/c1-2-5-9(6-3-1)10-12-11(15-13-10)14-7-4-8-14/h1-3,5-6H,4,7-8H2. The number of hydrogen-bond donors (Lipinski definition) is 0. The number of benzene rings is 1. The zero-order valence-corrected chi connectivity index (χ0v) is 9.07. The molecule has 2 heterocycles. The lowest BCUT2D eigenvalue weighted by Crippen LogP contribution is -2.36. The van der Waals surface area contributed by atoms with Gasteiger partial charge < -0.3 is 4.90 Å². The summed E-state index contributed by atoms with van der Waals surface area (Å²) in [6.07, 6.45) is 1.28. The third-order valence-corrected chi connectivity index (χ3v) is 3.35. The van der Waals surface area contributed by atoms with Gasteiger partial charge in [0, 0.05) is 30.2 Å². The van der Waals surface area contributed by atoms with Crippen LogP contribution in [-0.2, 0) is 0 Å². The molecule has 0 amide bonds. The van der Waals surface area contributed by atoms with E-state index in [-0.39, 0.29) is 0 Å². The number of aromatic nitrogens is 2. The third-order valence-electron chi connectivity index (χ3n) is 2.57. The van der Waals surface area contributed by atoms with Crippen molar-refractivity contribution in [3.05, 3.63) is 30.3 Å². The summed E-state index contributed by atoms with van der Waals surface area (Å²) < 4.78 is 4.38. The number of rotatable bonds is 2. The maximum absolute atomic E-state index is 4.54. The predicted molar refractivity (Wildman–Crippen MR) is 62.2 cm³/mol.